The Bertz CT molecular complexity index is 483. The molecule has 0 unspecified atom stereocenters. The Morgan fingerprint density at radius 2 is 1.96 bits per heavy atom. The molecule has 2 rings (SSSR count). The van der Waals surface area contributed by atoms with Gasteiger partial charge in [-0.1, -0.05) is 23.7 Å². The summed E-state index contributed by atoms with van der Waals surface area (Å²) in [6.45, 7) is 5.97. The van der Waals surface area contributed by atoms with Crippen molar-refractivity contribution in [3.05, 3.63) is 34.9 Å². The molecular formula is C16H26Cl3N3O2. The van der Waals surface area contributed by atoms with E-state index in [1.54, 1.807) is 7.11 Å². The second kappa shape index (κ2) is 12.8. The van der Waals surface area contributed by atoms with Gasteiger partial charge < -0.3 is 15.0 Å². The van der Waals surface area contributed by atoms with Crippen molar-refractivity contribution in [2.24, 2.45) is 0 Å². The van der Waals surface area contributed by atoms with Crippen LogP contribution in [0.25, 0.3) is 0 Å². The number of hydrogen-bond acceptors (Lipinski definition) is 4. The van der Waals surface area contributed by atoms with Gasteiger partial charge in [0.2, 0.25) is 5.91 Å². The number of benzene rings is 1. The van der Waals surface area contributed by atoms with E-state index < -0.39 is 0 Å². The van der Waals surface area contributed by atoms with Crippen LogP contribution >= 0.6 is 36.4 Å². The van der Waals surface area contributed by atoms with Crippen LogP contribution < -0.4 is 5.32 Å². The van der Waals surface area contributed by atoms with E-state index in [9.17, 15) is 4.79 Å². The highest BCUT2D eigenvalue weighted by molar-refractivity contribution is 6.30. The van der Waals surface area contributed by atoms with Crippen LogP contribution in [0.15, 0.2) is 24.3 Å². The normalized spacial score (nSPS) is 14.7. The van der Waals surface area contributed by atoms with Gasteiger partial charge >= 0.3 is 0 Å². The van der Waals surface area contributed by atoms with Crippen LogP contribution in [0, 0.1) is 0 Å². The standard InChI is InChI=1S/C16H24ClN3O2.2ClH/c1-22-10-5-18-12-16(21)20-8-6-19(7-9-20)13-14-3-2-4-15(17)11-14;;/h2-4,11,18H,5-10,12-13H2,1H3;2*1H. The monoisotopic (exact) mass is 397 g/mol. The molecule has 0 aromatic heterocycles. The van der Waals surface area contributed by atoms with Gasteiger partial charge in [-0.2, -0.15) is 0 Å². The number of carbonyl (C=O) groups excluding carboxylic acids is 1. The quantitative estimate of drug-likeness (QED) is 0.714. The van der Waals surface area contributed by atoms with E-state index in [-0.39, 0.29) is 30.7 Å². The van der Waals surface area contributed by atoms with Gasteiger partial charge in [-0.15, -0.1) is 24.8 Å². The number of hydrogen-bond donors (Lipinski definition) is 1. The Kier molecular flexibility index (Phi) is 12.5. The molecule has 0 bridgehead atoms. The number of nitrogens with one attached hydrogen (secondary N) is 1. The maximum absolute atomic E-state index is 12.1. The first-order valence-corrected chi connectivity index (χ1v) is 8.01. The Morgan fingerprint density at radius 1 is 1.25 bits per heavy atom. The molecule has 1 aliphatic rings. The van der Waals surface area contributed by atoms with Gasteiger partial charge in [-0.05, 0) is 17.7 Å². The molecule has 0 saturated carbocycles. The number of ether oxygens (including phenoxy) is 1. The molecule has 1 aliphatic heterocycles. The summed E-state index contributed by atoms with van der Waals surface area (Å²) in [4.78, 5) is 16.3. The van der Waals surface area contributed by atoms with Crippen molar-refractivity contribution in [3.63, 3.8) is 0 Å². The van der Waals surface area contributed by atoms with E-state index in [4.69, 9.17) is 16.3 Å². The summed E-state index contributed by atoms with van der Waals surface area (Å²) in [6.07, 6.45) is 0. The van der Waals surface area contributed by atoms with Crippen molar-refractivity contribution in [2.45, 2.75) is 6.54 Å². The summed E-state index contributed by atoms with van der Waals surface area (Å²) < 4.78 is 4.94. The summed E-state index contributed by atoms with van der Waals surface area (Å²) in [7, 11) is 1.66. The number of amides is 1. The molecule has 1 N–H and O–H groups in total. The first kappa shape index (κ1) is 23.4. The number of nitrogens with zero attached hydrogens (tertiary/aromatic N) is 2. The predicted molar refractivity (Wildman–Crippen MR) is 103 cm³/mol. The van der Waals surface area contributed by atoms with Gasteiger partial charge in [0.05, 0.1) is 13.2 Å². The molecule has 1 amide bonds. The average Bonchev–Trinajstić information content (AvgIpc) is 2.52. The van der Waals surface area contributed by atoms with Gasteiger partial charge in [0.25, 0.3) is 0 Å². The molecule has 1 aromatic carbocycles. The zero-order valence-corrected chi connectivity index (χ0v) is 16.3. The maximum Gasteiger partial charge on any atom is 0.236 e. The van der Waals surface area contributed by atoms with Crippen molar-refractivity contribution in [3.8, 4) is 0 Å². The number of piperazine rings is 1. The minimum Gasteiger partial charge on any atom is -0.383 e. The fourth-order valence-corrected chi connectivity index (χ4v) is 2.74. The lowest BCUT2D eigenvalue weighted by molar-refractivity contribution is -0.132. The summed E-state index contributed by atoms with van der Waals surface area (Å²) in [5, 5.41) is 3.87. The van der Waals surface area contributed by atoms with Gasteiger partial charge in [0, 0.05) is 51.4 Å². The van der Waals surface area contributed by atoms with Crippen molar-refractivity contribution in [1.82, 2.24) is 15.1 Å². The number of halogens is 3. The van der Waals surface area contributed by atoms with Crippen molar-refractivity contribution in [1.29, 1.82) is 0 Å². The van der Waals surface area contributed by atoms with Crippen molar-refractivity contribution in [2.75, 3.05) is 53.0 Å². The minimum absolute atomic E-state index is 0. The van der Waals surface area contributed by atoms with Crippen LogP contribution in [0.1, 0.15) is 5.56 Å². The molecule has 24 heavy (non-hydrogen) atoms. The molecule has 0 atom stereocenters. The Morgan fingerprint density at radius 3 is 2.58 bits per heavy atom. The summed E-state index contributed by atoms with van der Waals surface area (Å²) in [5.74, 6) is 0.165. The predicted octanol–water partition coefficient (Wildman–Crippen LogP) is 2.06. The molecule has 0 radical (unpaired) electrons. The number of rotatable bonds is 7. The van der Waals surface area contributed by atoms with E-state index in [2.05, 4.69) is 16.3 Å². The third-order valence-electron chi connectivity index (χ3n) is 3.78. The average molecular weight is 399 g/mol. The van der Waals surface area contributed by atoms with E-state index in [0.717, 1.165) is 37.7 Å². The van der Waals surface area contributed by atoms with Gasteiger partial charge in [0.15, 0.2) is 0 Å². The Balaban J connectivity index is 0.00000264. The lowest BCUT2D eigenvalue weighted by atomic mass is 10.2. The lowest BCUT2D eigenvalue weighted by Crippen LogP contribution is -2.50. The van der Waals surface area contributed by atoms with E-state index >= 15 is 0 Å². The third-order valence-corrected chi connectivity index (χ3v) is 4.01. The molecule has 1 fully saturated rings. The number of carbonyl (C=O) groups is 1. The van der Waals surface area contributed by atoms with Crippen molar-refractivity contribution >= 4 is 42.3 Å². The van der Waals surface area contributed by atoms with Crippen LogP contribution in [0.3, 0.4) is 0 Å². The van der Waals surface area contributed by atoms with Crippen LogP contribution in [-0.4, -0.2) is 68.7 Å². The first-order valence-electron chi connectivity index (χ1n) is 7.63. The highest BCUT2D eigenvalue weighted by Crippen LogP contribution is 2.13. The van der Waals surface area contributed by atoms with Gasteiger partial charge in [-0.3, -0.25) is 9.69 Å². The fourth-order valence-electron chi connectivity index (χ4n) is 2.53. The molecular weight excluding hydrogens is 373 g/mol. The SMILES string of the molecule is COCCNCC(=O)N1CCN(Cc2cccc(Cl)c2)CC1.Cl.Cl. The maximum atomic E-state index is 12.1. The summed E-state index contributed by atoms with van der Waals surface area (Å²) in [6, 6.07) is 7.95. The van der Waals surface area contributed by atoms with Gasteiger partial charge in [-0.25, -0.2) is 0 Å². The zero-order chi connectivity index (χ0) is 15.8. The second-order valence-corrected chi connectivity index (χ2v) is 5.89. The Hall–Kier alpha value is -0.560. The van der Waals surface area contributed by atoms with E-state index in [1.165, 1.54) is 5.56 Å². The van der Waals surface area contributed by atoms with Crippen LogP contribution in [0.5, 0.6) is 0 Å². The molecule has 138 valence electrons. The Labute approximate surface area is 161 Å². The first-order chi connectivity index (χ1) is 10.7. The largest absolute Gasteiger partial charge is 0.383 e. The van der Waals surface area contributed by atoms with Crippen LogP contribution in [-0.2, 0) is 16.1 Å². The topological polar surface area (TPSA) is 44.8 Å². The van der Waals surface area contributed by atoms with Crippen molar-refractivity contribution < 1.29 is 9.53 Å². The highest BCUT2D eigenvalue weighted by atomic mass is 35.5. The van der Waals surface area contributed by atoms with Crippen LogP contribution in [0.2, 0.25) is 5.02 Å². The van der Waals surface area contributed by atoms with Crippen LogP contribution in [0.4, 0.5) is 0 Å². The third kappa shape index (κ3) is 8.01. The molecule has 1 heterocycles. The minimum atomic E-state index is 0. The smallest absolute Gasteiger partial charge is 0.236 e. The summed E-state index contributed by atoms with van der Waals surface area (Å²) >= 11 is 6.01. The fraction of sp³-hybridized carbons (Fsp3) is 0.562. The molecule has 0 spiro atoms. The number of methoxy groups -OCH3 is 1. The molecule has 0 aliphatic carbocycles. The lowest BCUT2D eigenvalue weighted by Gasteiger charge is -2.34. The molecule has 5 nitrogen and oxygen atoms in total. The zero-order valence-electron chi connectivity index (χ0n) is 13.9. The van der Waals surface area contributed by atoms with E-state index in [1.807, 2.05) is 23.1 Å². The van der Waals surface area contributed by atoms with E-state index in [0.29, 0.717) is 19.7 Å². The highest BCUT2D eigenvalue weighted by Gasteiger charge is 2.20. The molecule has 1 saturated heterocycles. The summed E-state index contributed by atoms with van der Waals surface area (Å²) in [5.41, 5.74) is 1.22. The second-order valence-electron chi connectivity index (χ2n) is 5.46. The molecule has 8 heteroatoms. The van der Waals surface area contributed by atoms with Gasteiger partial charge in [0.1, 0.15) is 0 Å². The molecule has 1 aromatic rings.